The van der Waals surface area contributed by atoms with E-state index in [2.05, 4.69) is 11.4 Å². The van der Waals surface area contributed by atoms with Crippen LogP contribution in [0.3, 0.4) is 0 Å². The largest absolute Gasteiger partial charge is 0.355 e. The van der Waals surface area contributed by atoms with Gasteiger partial charge in [-0.1, -0.05) is 24.3 Å². The Bertz CT molecular complexity index is 738. The number of carbonyl (C=O) groups excluding carboxylic acids is 1. The Kier molecular flexibility index (Phi) is 6.29. The van der Waals surface area contributed by atoms with Gasteiger partial charge < -0.3 is 5.32 Å². The number of nitrogens with one attached hydrogen (secondary N) is 1. The van der Waals surface area contributed by atoms with Crippen LogP contribution in [0.1, 0.15) is 24.5 Å². The monoisotopic (exact) mass is 380 g/mol. The Morgan fingerprint density at radius 2 is 1.81 bits per heavy atom. The van der Waals surface area contributed by atoms with Gasteiger partial charge in [0.25, 0.3) is 10.2 Å². The zero-order chi connectivity index (χ0) is 18.6. The fourth-order valence-corrected chi connectivity index (χ4v) is 5.25. The quantitative estimate of drug-likeness (QED) is 0.804. The van der Waals surface area contributed by atoms with Crippen LogP contribution in [-0.4, -0.2) is 73.6 Å². The summed E-state index contributed by atoms with van der Waals surface area (Å²) in [5.41, 5.74) is 2.33. The number of amides is 1. The van der Waals surface area contributed by atoms with Crippen LogP contribution in [-0.2, 0) is 28.0 Å². The van der Waals surface area contributed by atoms with Crippen LogP contribution in [0.4, 0.5) is 0 Å². The second-order valence-corrected chi connectivity index (χ2v) is 8.77. The number of hydrogen-bond acceptors (Lipinski definition) is 4. The van der Waals surface area contributed by atoms with E-state index in [4.69, 9.17) is 0 Å². The molecule has 3 rings (SSSR count). The van der Waals surface area contributed by atoms with Crippen LogP contribution < -0.4 is 5.32 Å². The molecule has 144 valence electrons. The predicted molar refractivity (Wildman–Crippen MR) is 101 cm³/mol. The molecule has 2 aliphatic rings. The Morgan fingerprint density at radius 3 is 2.58 bits per heavy atom. The second kappa shape index (κ2) is 8.47. The van der Waals surface area contributed by atoms with Crippen molar-refractivity contribution >= 4 is 16.1 Å². The summed E-state index contributed by atoms with van der Waals surface area (Å²) in [5.74, 6) is -0.00329. The summed E-state index contributed by atoms with van der Waals surface area (Å²) in [5, 5.41) is 2.80. The van der Waals surface area contributed by atoms with Crippen LogP contribution in [0, 0.1) is 0 Å². The van der Waals surface area contributed by atoms with Crippen molar-refractivity contribution in [3.05, 3.63) is 35.4 Å². The summed E-state index contributed by atoms with van der Waals surface area (Å²) < 4.78 is 29.4. The first-order chi connectivity index (χ1) is 12.5. The number of benzene rings is 1. The van der Waals surface area contributed by atoms with Crippen molar-refractivity contribution in [3.8, 4) is 0 Å². The molecule has 1 N–H and O–H groups in total. The van der Waals surface area contributed by atoms with E-state index in [1.165, 1.54) is 5.56 Å². The first-order valence-electron chi connectivity index (χ1n) is 9.31. The van der Waals surface area contributed by atoms with Gasteiger partial charge in [-0.15, -0.1) is 0 Å². The molecule has 1 saturated heterocycles. The number of hydrogen-bond donors (Lipinski definition) is 1. The number of carbonyl (C=O) groups is 1. The third-order valence-corrected chi connectivity index (χ3v) is 7.02. The average Bonchev–Trinajstić information content (AvgIpc) is 2.87. The fraction of sp³-hybridized carbons (Fsp3) is 0.611. The molecule has 1 fully saturated rings. The molecule has 0 bridgehead atoms. The lowest BCUT2D eigenvalue weighted by molar-refractivity contribution is -0.122. The summed E-state index contributed by atoms with van der Waals surface area (Å²) in [6.45, 7) is 6.07. The zero-order valence-electron chi connectivity index (χ0n) is 15.4. The van der Waals surface area contributed by atoms with Crippen molar-refractivity contribution in [3.63, 3.8) is 0 Å². The lowest BCUT2D eigenvalue weighted by Gasteiger charge is -2.32. The summed E-state index contributed by atoms with van der Waals surface area (Å²) in [7, 11) is -3.47. The van der Waals surface area contributed by atoms with Crippen molar-refractivity contribution < 1.29 is 13.2 Å². The molecule has 7 nitrogen and oxygen atoms in total. The minimum atomic E-state index is -3.47. The highest BCUT2D eigenvalue weighted by Crippen LogP contribution is 2.23. The molecular weight excluding hydrogens is 352 g/mol. The van der Waals surface area contributed by atoms with Gasteiger partial charge in [0.2, 0.25) is 5.91 Å². The van der Waals surface area contributed by atoms with Crippen molar-refractivity contribution in [2.45, 2.75) is 26.3 Å². The van der Waals surface area contributed by atoms with Crippen LogP contribution in [0.15, 0.2) is 24.3 Å². The Labute approximate surface area is 156 Å². The minimum absolute atomic E-state index is 0.00329. The molecule has 0 unspecified atom stereocenters. The average molecular weight is 381 g/mol. The Balaban J connectivity index is 1.62. The highest BCUT2D eigenvalue weighted by molar-refractivity contribution is 7.86. The third-order valence-electron chi connectivity index (χ3n) is 5.04. The predicted octanol–water partition coefficient (Wildman–Crippen LogP) is 0.433. The first kappa shape index (κ1) is 19.3. The van der Waals surface area contributed by atoms with Gasteiger partial charge >= 0.3 is 0 Å². The van der Waals surface area contributed by atoms with Crippen LogP contribution >= 0.6 is 0 Å². The number of rotatable bonds is 5. The molecule has 1 aromatic carbocycles. The van der Waals surface area contributed by atoms with Gasteiger partial charge in [0.1, 0.15) is 0 Å². The van der Waals surface area contributed by atoms with Crippen LogP contribution in [0.5, 0.6) is 0 Å². The molecule has 0 atom stereocenters. The van der Waals surface area contributed by atoms with Gasteiger partial charge in [-0.2, -0.15) is 17.0 Å². The zero-order valence-corrected chi connectivity index (χ0v) is 16.2. The van der Waals surface area contributed by atoms with Crippen LogP contribution in [0.2, 0.25) is 0 Å². The molecule has 0 aromatic heterocycles. The maximum atomic E-state index is 13.1. The third kappa shape index (κ3) is 4.43. The lowest BCUT2D eigenvalue weighted by atomic mass is 10.0. The lowest BCUT2D eigenvalue weighted by Crippen LogP contribution is -2.47. The fourth-order valence-electron chi connectivity index (χ4n) is 3.62. The van der Waals surface area contributed by atoms with Gasteiger partial charge in [-0.25, -0.2) is 0 Å². The van der Waals surface area contributed by atoms with Gasteiger partial charge in [0.15, 0.2) is 0 Å². The van der Waals surface area contributed by atoms with Crippen molar-refractivity contribution in [1.82, 2.24) is 18.8 Å². The number of nitrogens with zero attached hydrogens (tertiary/aromatic N) is 3. The molecule has 0 saturated carbocycles. The van der Waals surface area contributed by atoms with E-state index in [0.29, 0.717) is 45.8 Å². The van der Waals surface area contributed by atoms with E-state index < -0.39 is 10.2 Å². The maximum absolute atomic E-state index is 13.1. The molecule has 8 heteroatoms. The Hall–Kier alpha value is -1.48. The summed E-state index contributed by atoms with van der Waals surface area (Å²) >= 11 is 0. The molecule has 0 radical (unpaired) electrons. The maximum Gasteiger partial charge on any atom is 0.282 e. The topological polar surface area (TPSA) is 73.0 Å². The molecule has 26 heavy (non-hydrogen) atoms. The summed E-state index contributed by atoms with van der Waals surface area (Å²) in [6.07, 6.45) is 1.50. The molecule has 0 aliphatic carbocycles. The van der Waals surface area contributed by atoms with Crippen LogP contribution in [0.25, 0.3) is 0 Å². The van der Waals surface area contributed by atoms with Crippen molar-refractivity contribution in [2.75, 3.05) is 45.8 Å². The second-order valence-electron chi connectivity index (χ2n) is 6.84. The van der Waals surface area contributed by atoms with Gasteiger partial charge in [-0.3, -0.25) is 9.69 Å². The number of likely N-dealkylation sites (N-methyl/N-ethyl adjacent to an activating group) is 1. The smallest absolute Gasteiger partial charge is 0.282 e. The standard InChI is InChI=1S/C18H28N4O3S/c1-2-19-18(23)15-20-9-5-10-21(13-12-20)26(24,25)22-11-8-16-6-3-4-7-17(16)14-22/h3-4,6-7H,2,5,8-15H2,1H3,(H,19,23). The summed E-state index contributed by atoms with van der Waals surface area (Å²) in [4.78, 5) is 13.8. The van der Waals surface area contributed by atoms with E-state index in [1.54, 1.807) is 8.61 Å². The molecular formula is C18H28N4O3S. The van der Waals surface area contributed by atoms with E-state index >= 15 is 0 Å². The Morgan fingerprint density at radius 1 is 1.04 bits per heavy atom. The van der Waals surface area contributed by atoms with Gasteiger partial charge in [0.05, 0.1) is 6.54 Å². The number of fused-ring (bicyclic) bond motifs is 1. The van der Waals surface area contributed by atoms with Crippen molar-refractivity contribution in [1.29, 1.82) is 0 Å². The van der Waals surface area contributed by atoms with E-state index in [0.717, 1.165) is 24.9 Å². The molecule has 1 aromatic rings. The SMILES string of the molecule is CCNC(=O)CN1CCCN(S(=O)(=O)N2CCc3ccccc3C2)CC1. The highest BCUT2D eigenvalue weighted by Gasteiger charge is 2.33. The van der Waals surface area contributed by atoms with E-state index in [9.17, 15) is 13.2 Å². The molecule has 0 spiro atoms. The minimum Gasteiger partial charge on any atom is -0.355 e. The van der Waals surface area contributed by atoms with E-state index in [-0.39, 0.29) is 5.91 Å². The first-order valence-corrected chi connectivity index (χ1v) is 10.7. The molecule has 2 aliphatic heterocycles. The van der Waals surface area contributed by atoms with Crippen molar-refractivity contribution in [2.24, 2.45) is 0 Å². The highest BCUT2D eigenvalue weighted by atomic mass is 32.2. The van der Waals surface area contributed by atoms with E-state index in [1.807, 2.05) is 30.0 Å². The van der Waals surface area contributed by atoms with Gasteiger partial charge in [-0.05, 0) is 37.4 Å². The normalized spacial score (nSPS) is 20.3. The molecule has 2 heterocycles. The molecule has 1 amide bonds. The van der Waals surface area contributed by atoms with Gasteiger partial charge in [0, 0.05) is 39.3 Å². The summed E-state index contributed by atoms with van der Waals surface area (Å²) in [6, 6.07) is 8.04.